The summed E-state index contributed by atoms with van der Waals surface area (Å²) in [5.41, 5.74) is 5.78. The third-order valence-corrected chi connectivity index (χ3v) is 4.09. The van der Waals surface area contributed by atoms with E-state index in [4.69, 9.17) is 5.73 Å². The summed E-state index contributed by atoms with van der Waals surface area (Å²) < 4.78 is 62.9. The molecule has 0 aliphatic heterocycles. The first-order valence-electron chi connectivity index (χ1n) is 5.75. The molecule has 0 fully saturated rings. The van der Waals surface area contributed by atoms with E-state index in [0.29, 0.717) is 0 Å². The molecule has 0 saturated carbocycles. The van der Waals surface area contributed by atoms with Gasteiger partial charge in [-0.2, -0.15) is 13.2 Å². The van der Waals surface area contributed by atoms with Crippen LogP contribution in [0.5, 0.6) is 0 Å². The van der Waals surface area contributed by atoms with Gasteiger partial charge in [0.2, 0.25) is 10.0 Å². The van der Waals surface area contributed by atoms with Crippen LogP contribution >= 0.6 is 0 Å². The Hall–Kier alpha value is -1.48. The molecule has 9 heteroatoms. The van der Waals surface area contributed by atoms with Crippen LogP contribution in [-0.2, 0) is 10.0 Å². The fraction of sp³-hybridized carbons (Fsp3) is 0.455. The highest BCUT2D eigenvalue weighted by Gasteiger charge is 2.31. The van der Waals surface area contributed by atoms with E-state index < -0.39 is 22.7 Å². The zero-order valence-corrected chi connectivity index (χ0v) is 11.8. The summed E-state index contributed by atoms with van der Waals surface area (Å²) >= 11 is 0. The Balaban J connectivity index is 3.26. The van der Waals surface area contributed by atoms with Crippen molar-refractivity contribution < 1.29 is 21.6 Å². The monoisotopic (exact) mass is 311 g/mol. The summed E-state index contributed by atoms with van der Waals surface area (Å²) in [5.74, 6) is 0. The van der Waals surface area contributed by atoms with Crippen LogP contribution in [0, 0.1) is 0 Å². The van der Waals surface area contributed by atoms with Crippen molar-refractivity contribution in [2.45, 2.75) is 18.0 Å². The minimum Gasteiger partial charge on any atom is -0.397 e. The van der Waals surface area contributed by atoms with Crippen LogP contribution in [0.25, 0.3) is 0 Å². The summed E-state index contributed by atoms with van der Waals surface area (Å²) in [6.07, 6.45) is -4.40. The Bertz CT molecular complexity index is 573. The second-order valence-corrected chi connectivity index (χ2v) is 5.94. The third-order valence-electron chi connectivity index (χ3n) is 2.67. The van der Waals surface area contributed by atoms with Crippen molar-refractivity contribution in [1.82, 2.24) is 4.72 Å². The van der Waals surface area contributed by atoms with Gasteiger partial charge in [0.15, 0.2) is 0 Å². The van der Waals surface area contributed by atoms with Gasteiger partial charge in [0.1, 0.15) is 6.54 Å². The Kier molecular flexibility index (Phi) is 4.87. The van der Waals surface area contributed by atoms with E-state index in [2.05, 4.69) is 4.72 Å². The first kappa shape index (κ1) is 16.6. The molecule has 0 heterocycles. The van der Waals surface area contributed by atoms with E-state index in [1.54, 1.807) is 0 Å². The number of rotatable bonds is 5. The number of nitrogen functional groups attached to an aromatic ring is 1. The lowest BCUT2D eigenvalue weighted by Gasteiger charge is -2.26. The minimum atomic E-state index is -4.40. The van der Waals surface area contributed by atoms with Gasteiger partial charge in [0.05, 0.1) is 16.3 Å². The molecule has 0 unspecified atom stereocenters. The maximum atomic E-state index is 12.5. The summed E-state index contributed by atoms with van der Waals surface area (Å²) in [4.78, 5) is 0.842. The predicted octanol–water partition coefficient (Wildman–Crippen LogP) is 1.57. The number of halogens is 3. The smallest absolute Gasteiger partial charge is 0.397 e. The molecule has 0 radical (unpaired) electrons. The van der Waals surface area contributed by atoms with Gasteiger partial charge in [-0.1, -0.05) is 0 Å². The Morgan fingerprint density at radius 2 is 1.95 bits per heavy atom. The second-order valence-electron chi connectivity index (χ2n) is 4.06. The van der Waals surface area contributed by atoms with Crippen LogP contribution in [0.1, 0.15) is 6.92 Å². The molecule has 0 aromatic heterocycles. The molecule has 0 aliphatic carbocycles. The van der Waals surface area contributed by atoms with Crippen LogP contribution < -0.4 is 15.4 Å². The van der Waals surface area contributed by atoms with Gasteiger partial charge < -0.3 is 10.6 Å². The van der Waals surface area contributed by atoms with Crippen LogP contribution in [0.3, 0.4) is 0 Å². The van der Waals surface area contributed by atoms with Crippen molar-refractivity contribution in [1.29, 1.82) is 0 Å². The quantitative estimate of drug-likeness (QED) is 0.809. The number of nitrogens with one attached hydrogen (secondary N) is 1. The first-order valence-corrected chi connectivity index (χ1v) is 7.24. The van der Waals surface area contributed by atoms with Crippen molar-refractivity contribution in [2.24, 2.45) is 0 Å². The topological polar surface area (TPSA) is 75.4 Å². The van der Waals surface area contributed by atoms with Crippen LogP contribution in [0.15, 0.2) is 23.1 Å². The second kappa shape index (κ2) is 5.88. The molecule has 20 heavy (non-hydrogen) atoms. The van der Waals surface area contributed by atoms with E-state index in [1.807, 2.05) is 0 Å². The Morgan fingerprint density at radius 1 is 1.35 bits per heavy atom. The molecular formula is C11H16F3N3O2S. The van der Waals surface area contributed by atoms with Crippen molar-refractivity contribution in [3.8, 4) is 0 Å². The van der Waals surface area contributed by atoms with Gasteiger partial charge in [0.25, 0.3) is 0 Å². The number of benzene rings is 1. The van der Waals surface area contributed by atoms with Crippen molar-refractivity contribution in [3.63, 3.8) is 0 Å². The standard InChI is InChI=1S/C11H16F3N3O2S/c1-3-17(7-11(12,13)14)10-6-8(4-5-9(10)15)20(18,19)16-2/h4-6,16H,3,7,15H2,1-2H3. The fourth-order valence-electron chi connectivity index (χ4n) is 1.67. The molecule has 114 valence electrons. The molecule has 0 bridgehead atoms. The molecule has 5 nitrogen and oxygen atoms in total. The minimum absolute atomic E-state index is 0.0427. The molecule has 0 saturated heterocycles. The molecule has 0 aliphatic rings. The van der Waals surface area contributed by atoms with E-state index >= 15 is 0 Å². The first-order chi connectivity index (χ1) is 9.10. The summed E-state index contributed by atoms with van der Waals surface area (Å²) in [6, 6.07) is 3.65. The summed E-state index contributed by atoms with van der Waals surface area (Å²) in [6.45, 7) is 0.383. The molecular weight excluding hydrogens is 295 g/mol. The zero-order chi connectivity index (χ0) is 15.6. The van der Waals surface area contributed by atoms with E-state index in [0.717, 1.165) is 11.0 Å². The average Bonchev–Trinajstić information content (AvgIpc) is 2.35. The zero-order valence-electron chi connectivity index (χ0n) is 11.0. The number of alkyl halides is 3. The largest absolute Gasteiger partial charge is 0.405 e. The summed E-state index contributed by atoms with van der Waals surface area (Å²) in [5, 5.41) is 0. The fourth-order valence-corrected chi connectivity index (χ4v) is 2.42. The maximum Gasteiger partial charge on any atom is 0.405 e. The predicted molar refractivity (Wildman–Crippen MR) is 71.0 cm³/mol. The number of sulfonamides is 1. The molecule has 1 aromatic rings. The van der Waals surface area contributed by atoms with Crippen LogP contribution in [0.2, 0.25) is 0 Å². The number of nitrogens with two attached hydrogens (primary N) is 1. The lowest BCUT2D eigenvalue weighted by Crippen LogP contribution is -2.34. The lowest BCUT2D eigenvalue weighted by molar-refractivity contribution is -0.119. The van der Waals surface area contributed by atoms with Crippen molar-refractivity contribution in [2.75, 3.05) is 30.8 Å². The van der Waals surface area contributed by atoms with Crippen LogP contribution in [0.4, 0.5) is 24.5 Å². The normalized spacial score (nSPS) is 12.4. The average molecular weight is 311 g/mol. The third kappa shape index (κ3) is 4.01. The number of hydrogen-bond acceptors (Lipinski definition) is 4. The molecule has 3 N–H and O–H groups in total. The van der Waals surface area contributed by atoms with Gasteiger partial charge in [-0.05, 0) is 32.2 Å². The maximum absolute atomic E-state index is 12.5. The molecule has 1 rings (SSSR count). The van der Waals surface area contributed by atoms with Gasteiger partial charge in [0, 0.05) is 6.54 Å². The SMILES string of the molecule is CCN(CC(F)(F)F)c1cc(S(=O)(=O)NC)ccc1N. The molecule has 0 atom stereocenters. The van der Waals surface area contributed by atoms with E-state index in [9.17, 15) is 21.6 Å². The highest BCUT2D eigenvalue weighted by Crippen LogP contribution is 2.29. The number of anilines is 2. The molecule has 0 amide bonds. The summed E-state index contributed by atoms with van der Waals surface area (Å²) in [7, 11) is -2.52. The number of nitrogens with zero attached hydrogens (tertiary/aromatic N) is 1. The van der Waals surface area contributed by atoms with Crippen LogP contribution in [-0.4, -0.2) is 34.7 Å². The van der Waals surface area contributed by atoms with E-state index in [-0.39, 0.29) is 22.8 Å². The molecule has 0 spiro atoms. The van der Waals surface area contributed by atoms with Gasteiger partial charge in [-0.25, -0.2) is 13.1 Å². The van der Waals surface area contributed by atoms with E-state index in [1.165, 1.54) is 26.1 Å². The van der Waals surface area contributed by atoms with Gasteiger partial charge >= 0.3 is 6.18 Å². The van der Waals surface area contributed by atoms with Gasteiger partial charge in [-0.15, -0.1) is 0 Å². The lowest BCUT2D eigenvalue weighted by atomic mass is 10.2. The van der Waals surface area contributed by atoms with Crippen molar-refractivity contribution >= 4 is 21.4 Å². The Morgan fingerprint density at radius 3 is 2.40 bits per heavy atom. The molecule has 1 aromatic carbocycles. The highest BCUT2D eigenvalue weighted by molar-refractivity contribution is 7.89. The number of hydrogen-bond donors (Lipinski definition) is 2. The highest BCUT2D eigenvalue weighted by atomic mass is 32.2. The van der Waals surface area contributed by atoms with Gasteiger partial charge in [-0.3, -0.25) is 0 Å². The Labute approximate surface area is 115 Å². The van der Waals surface area contributed by atoms with Crippen molar-refractivity contribution in [3.05, 3.63) is 18.2 Å².